The quantitative estimate of drug-likeness (QED) is 0.796. The average Bonchev–Trinajstić information content (AvgIpc) is 2.99. The Morgan fingerprint density at radius 1 is 1.28 bits per heavy atom. The van der Waals surface area contributed by atoms with Gasteiger partial charge in [-0.15, -0.1) is 0 Å². The first-order valence-electron chi connectivity index (χ1n) is 8.19. The minimum absolute atomic E-state index is 0.0221. The molecule has 1 aliphatic heterocycles. The normalized spacial score (nSPS) is 14.0. The topological polar surface area (TPSA) is 77.7 Å². The number of rotatable bonds is 3. The molecule has 25 heavy (non-hydrogen) atoms. The van der Waals surface area contributed by atoms with Crippen LogP contribution in [0.1, 0.15) is 22.4 Å². The third-order valence-electron chi connectivity index (χ3n) is 4.49. The fourth-order valence-electron chi connectivity index (χ4n) is 3.26. The first kappa shape index (κ1) is 15.4. The van der Waals surface area contributed by atoms with Crippen LogP contribution >= 0.6 is 0 Å². The molecular weight excluding hydrogens is 314 g/mol. The summed E-state index contributed by atoms with van der Waals surface area (Å²) in [6.07, 6.45) is 4.36. The maximum absolute atomic E-state index is 12.7. The van der Waals surface area contributed by atoms with E-state index >= 15 is 0 Å². The minimum Gasteiger partial charge on any atom is -0.293 e. The molecular formula is C19H17N5O. The second kappa shape index (κ2) is 6.38. The van der Waals surface area contributed by atoms with Gasteiger partial charge < -0.3 is 0 Å². The van der Waals surface area contributed by atoms with E-state index in [2.05, 4.69) is 27.1 Å². The summed E-state index contributed by atoms with van der Waals surface area (Å²) in [6, 6.07) is 13.2. The molecule has 1 aromatic carbocycles. The van der Waals surface area contributed by atoms with Crippen LogP contribution in [0.4, 0.5) is 0 Å². The van der Waals surface area contributed by atoms with E-state index in [1.807, 2.05) is 18.3 Å². The van der Waals surface area contributed by atoms with Crippen molar-refractivity contribution in [2.45, 2.75) is 19.5 Å². The smallest absolute Gasteiger partial charge is 0.274 e. The van der Waals surface area contributed by atoms with Gasteiger partial charge in [0.05, 0.1) is 23.0 Å². The summed E-state index contributed by atoms with van der Waals surface area (Å²) < 4.78 is 1.54. The molecule has 0 saturated carbocycles. The molecule has 3 aromatic rings. The Kier molecular flexibility index (Phi) is 3.92. The van der Waals surface area contributed by atoms with E-state index < -0.39 is 0 Å². The minimum atomic E-state index is -0.0221. The van der Waals surface area contributed by atoms with Gasteiger partial charge >= 0.3 is 0 Å². The molecule has 0 spiro atoms. The predicted octanol–water partition coefficient (Wildman–Crippen LogP) is 1.99. The van der Waals surface area contributed by atoms with Crippen LogP contribution in [0.2, 0.25) is 0 Å². The van der Waals surface area contributed by atoms with Crippen molar-refractivity contribution >= 4 is 0 Å². The van der Waals surface area contributed by atoms with Crippen molar-refractivity contribution in [3.05, 3.63) is 81.5 Å². The Hall–Kier alpha value is -3.17. The second-order valence-electron chi connectivity index (χ2n) is 6.19. The molecule has 0 saturated heterocycles. The van der Waals surface area contributed by atoms with Gasteiger partial charge in [-0.2, -0.15) is 5.26 Å². The lowest BCUT2D eigenvalue weighted by Gasteiger charge is -2.25. The Bertz CT molecular complexity index is 997. The van der Waals surface area contributed by atoms with Crippen molar-refractivity contribution in [3.8, 4) is 11.8 Å². The van der Waals surface area contributed by atoms with Gasteiger partial charge in [0.1, 0.15) is 0 Å². The molecule has 0 aliphatic carbocycles. The monoisotopic (exact) mass is 331 g/mol. The Morgan fingerprint density at radius 3 is 3.00 bits per heavy atom. The van der Waals surface area contributed by atoms with Gasteiger partial charge in [-0.05, 0) is 36.2 Å². The van der Waals surface area contributed by atoms with E-state index in [-0.39, 0.29) is 5.56 Å². The summed E-state index contributed by atoms with van der Waals surface area (Å²) in [5.74, 6) is 0. The van der Waals surface area contributed by atoms with Crippen molar-refractivity contribution in [1.29, 1.82) is 5.26 Å². The molecule has 0 unspecified atom stereocenters. The molecule has 0 amide bonds. The summed E-state index contributed by atoms with van der Waals surface area (Å²) in [4.78, 5) is 19.1. The molecule has 1 aliphatic rings. The van der Waals surface area contributed by atoms with E-state index in [1.54, 1.807) is 29.1 Å². The largest absolute Gasteiger partial charge is 0.293 e. The van der Waals surface area contributed by atoms with E-state index in [0.29, 0.717) is 17.8 Å². The number of nitrogens with one attached hydrogen (secondary N) is 1. The molecule has 0 fully saturated rings. The number of H-pyrrole nitrogens is 1. The van der Waals surface area contributed by atoms with Gasteiger partial charge in [-0.25, -0.2) is 4.68 Å². The van der Waals surface area contributed by atoms with E-state index in [4.69, 9.17) is 5.26 Å². The summed E-state index contributed by atoms with van der Waals surface area (Å²) in [5, 5.41) is 12.3. The highest BCUT2D eigenvalue weighted by Crippen LogP contribution is 2.18. The summed E-state index contributed by atoms with van der Waals surface area (Å²) in [6.45, 7) is 2.35. The highest BCUT2D eigenvalue weighted by atomic mass is 16.1. The molecule has 2 aromatic heterocycles. The fraction of sp³-hybridized carbons (Fsp3) is 0.211. The standard InChI is InChI=1S/C19H17N5O/c20-10-14-3-1-5-16(9-14)24-19(25)17-6-8-23(13-18(17)22-24)12-15-4-2-7-21-11-15/h1-5,7,9,11,22H,6,8,12-13H2. The van der Waals surface area contributed by atoms with Gasteiger partial charge in [0.2, 0.25) is 0 Å². The molecule has 6 nitrogen and oxygen atoms in total. The predicted molar refractivity (Wildman–Crippen MR) is 93.2 cm³/mol. The van der Waals surface area contributed by atoms with Gasteiger partial charge in [0.25, 0.3) is 5.56 Å². The highest BCUT2D eigenvalue weighted by Gasteiger charge is 2.23. The number of hydrogen-bond donors (Lipinski definition) is 1. The van der Waals surface area contributed by atoms with Gasteiger partial charge in [-0.3, -0.25) is 19.8 Å². The molecule has 124 valence electrons. The van der Waals surface area contributed by atoms with Crippen LogP contribution in [-0.4, -0.2) is 26.2 Å². The van der Waals surface area contributed by atoms with Gasteiger partial charge in [0.15, 0.2) is 0 Å². The molecule has 0 atom stereocenters. The maximum Gasteiger partial charge on any atom is 0.274 e. The van der Waals surface area contributed by atoms with Crippen LogP contribution < -0.4 is 5.56 Å². The number of fused-ring (bicyclic) bond motifs is 1. The Labute approximate surface area is 145 Å². The first-order valence-corrected chi connectivity index (χ1v) is 8.19. The zero-order chi connectivity index (χ0) is 17.2. The Balaban J connectivity index is 1.61. The number of aromatic amines is 1. The van der Waals surface area contributed by atoms with Crippen molar-refractivity contribution in [2.24, 2.45) is 0 Å². The zero-order valence-electron chi connectivity index (χ0n) is 13.6. The van der Waals surface area contributed by atoms with Crippen LogP contribution in [0.25, 0.3) is 5.69 Å². The van der Waals surface area contributed by atoms with Crippen LogP contribution in [0.5, 0.6) is 0 Å². The summed E-state index contributed by atoms with van der Waals surface area (Å²) in [5.41, 5.74) is 4.15. The van der Waals surface area contributed by atoms with Crippen LogP contribution in [-0.2, 0) is 19.5 Å². The third kappa shape index (κ3) is 2.97. The summed E-state index contributed by atoms with van der Waals surface area (Å²) in [7, 11) is 0. The number of nitrogens with zero attached hydrogens (tertiary/aromatic N) is 4. The summed E-state index contributed by atoms with van der Waals surface area (Å²) >= 11 is 0. The number of nitriles is 1. The molecule has 4 rings (SSSR count). The van der Waals surface area contributed by atoms with Crippen molar-refractivity contribution < 1.29 is 0 Å². The second-order valence-corrected chi connectivity index (χ2v) is 6.19. The van der Waals surface area contributed by atoms with E-state index in [9.17, 15) is 4.79 Å². The highest BCUT2D eigenvalue weighted by molar-refractivity contribution is 5.41. The van der Waals surface area contributed by atoms with E-state index in [1.165, 1.54) is 0 Å². The van der Waals surface area contributed by atoms with Gasteiger partial charge in [0, 0.05) is 37.6 Å². The zero-order valence-corrected chi connectivity index (χ0v) is 13.6. The van der Waals surface area contributed by atoms with Crippen molar-refractivity contribution in [1.82, 2.24) is 19.7 Å². The lowest BCUT2D eigenvalue weighted by Crippen LogP contribution is -2.31. The molecule has 6 heteroatoms. The Morgan fingerprint density at radius 2 is 2.20 bits per heavy atom. The van der Waals surface area contributed by atoms with Crippen LogP contribution in [0.15, 0.2) is 53.6 Å². The van der Waals surface area contributed by atoms with Crippen LogP contribution in [0.3, 0.4) is 0 Å². The molecule has 3 heterocycles. The van der Waals surface area contributed by atoms with Gasteiger partial charge in [-0.1, -0.05) is 12.1 Å². The fourth-order valence-corrected chi connectivity index (χ4v) is 3.26. The first-order chi connectivity index (χ1) is 12.2. The SMILES string of the molecule is N#Cc1cccc(-n2[nH]c3c(c2=O)CCN(Cc2cccnc2)C3)c1. The maximum atomic E-state index is 12.7. The number of pyridine rings is 1. The third-order valence-corrected chi connectivity index (χ3v) is 4.49. The molecule has 1 N–H and O–H groups in total. The molecule has 0 radical (unpaired) electrons. The number of aromatic nitrogens is 3. The molecule has 0 bridgehead atoms. The average molecular weight is 331 g/mol. The number of benzene rings is 1. The lowest BCUT2D eigenvalue weighted by molar-refractivity contribution is 0.242. The number of hydrogen-bond acceptors (Lipinski definition) is 4. The van der Waals surface area contributed by atoms with E-state index in [0.717, 1.165) is 36.3 Å². The lowest BCUT2D eigenvalue weighted by atomic mass is 10.1. The van der Waals surface area contributed by atoms with Crippen molar-refractivity contribution in [2.75, 3.05) is 6.54 Å². The van der Waals surface area contributed by atoms with Crippen LogP contribution in [0, 0.1) is 11.3 Å². The van der Waals surface area contributed by atoms with Crippen molar-refractivity contribution in [3.63, 3.8) is 0 Å².